The Morgan fingerprint density at radius 1 is 0.826 bits per heavy atom. The van der Waals surface area contributed by atoms with Gasteiger partial charge < -0.3 is 14.9 Å². The predicted molar refractivity (Wildman–Crippen MR) is 98.7 cm³/mol. The molecule has 0 aliphatic rings. The van der Waals surface area contributed by atoms with E-state index in [1.54, 1.807) is 0 Å². The minimum Gasteiger partial charge on any atom is -0.394 e. The van der Waals surface area contributed by atoms with Gasteiger partial charge in [-0.15, -0.1) is 0 Å². The van der Waals surface area contributed by atoms with Crippen LogP contribution in [0.3, 0.4) is 0 Å². The lowest BCUT2D eigenvalue weighted by atomic mass is 10.1. The number of unbranched alkanes of at least 4 members (excludes halogenated alkanes) is 9. The van der Waals surface area contributed by atoms with Gasteiger partial charge in [-0.1, -0.05) is 70.4 Å². The van der Waals surface area contributed by atoms with Gasteiger partial charge in [-0.05, 0) is 32.1 Å². The Morgan fingerprint density at radius 2 is 1.52 bits per heavy atom. The predicted octanol–water partition coefficient (Wildman–Crippen LogP) is 5.00. The molecule has 0 bridgehead atoms. The van der Waals surface area contributed by atoms with E-state index in [-0.39, 0.29) is 12.7 Å². The van der Waals surface area contributed by atoms with Crippen molar-refractivity contribution < 1.29 is 14.9 Å². The van der Waals surface area contributed by atoms with Crippen molar-refractivity contribution in [2.75, 3.05) is 19.8 Å². The molecule has 0 heterocycles. The van der Waals surface area contributed by atoms with E-state index in [0.717, 1.165) is 38.7 Å². The summed E-state index contributed by atoms with van der Waals surface area (Å²) in [6, 6.07) is 0. The molecule has 0 aliphatic heterocycles. The van der Waals surface area contributed by atoms with E-state index in [0.29, 0.717) is 6.61 Å². The van der Waals surface area contributed by atoms with Crippen LogP contribution >= 0.6 is 0 Å². The fourth-order valence-electron chi connectivity index (χ4n) is 2.64. The van der Waals surface area contributed by atoms with E-state index >= 15 is 0 Å². The van der Waals surface area contributed by atoms with E-state index < -0.39 is 0 Å². The summed E-state index contributed by atoms with van der Waals surface area (Å²) in [6.45, 7) is 3.60. The lowest BCUT2D eigenvalue weighted by Gasteiger charge is -2.07. The van der Waals surface area contributed by atoms with Gasteiger partial charge in [0.15, 0.2) is 0 Å². The Labute approximate surface area is 144 Å². The molecule has 0 aliphatic carbocycles. The molecule has 0 saturated heterocycles. The van der Waals surface area contributed by atoms with Crippen molar-refractivity contribution in [2.24, 2.45) is 0 Å². The van der Waals surface area contributed by atoms with Crippen molar-refractivity contribution in [3.63, 3.8) is 0 Å². The van der Waals surface area contributed by atoms with Crippen molar-refractivity contribution in [2.45, 2.75) is 96.5 Å². The average Bonchev–Trinajstić information content (AvgIpc) is 2.56. The zero-order valence-electron chi connectivity index (χ0n) is 15.3. The largest absolute Gasteiger partial charge is 0.394 e. The third kappa shape index (κ3) is 19.6. The first kappa shape index (κ1) is 22.6. The van der Waals surface area contributed by atoms with Gasteiger partial charge in [0.05, 0.1) is 19.3 Å². The van der Waals surface area contributed by atoms with Gasteiger partial charge in [0, 0.05) is 6.61 Å². The third-order valence-corrected chi connectivity index (χ3v) is 4.11. The van der Waals surface area contributed by atoms with Gasteiger partial charge in [0.25, 0.3) is 0 Å². The normalized spacial score (nSPS) is 13.0. The smallest absolute Gasteiger partial charge is 0.0697 e. The highest BCUT2D eigenvalue weighted by molar-refractivity contribution is 4.83. The Kier molecular flexibility index (Phi) is 19.3. The fraction of sp³-hybridized carbons (Fsp3) is 0.900. The van der Waals surface area contributed by atoms with Gasteiger partial charge in [0.2, 0.25) is 0 Å². The van der Waals surface area contributed by atoms with E-state index in [9.17, 15) is 5.11 Å². The number of hydrogen-bond donors (Lipinski definition) is 2. The number of allylic oxidation sites excluding steroid dienone is 1. The van der Waals surface area contributed by atoms with Gasteiger partial charge >= 0.3 is 0 Å². The first-order valence-corrected chi connectivity index (χ1v) is 9.83. The quantitative estimate of drug-likeness (QED) is 0.275. The van der Waals surface area contributed by atoms with Crippen LogP contribution in [0.4, 0.5) is 0 Å². The molecule has 3 nitrogen and oxygen atoms in total. The summed E-state index contributed by atoms with van der Waals surface area (Å²) in [5.41, 5.74) is 0. The van der Waals surface area contributed by atoms with Crippen LogP contribution in [0.1, 0.15) is 90.4 Å². The molecule has 0 rings (SSSR count). The minimum atomic E-state index is -0.142. The van der Waals surface area contributed by atoms with Crippen molar-refractivity contribution >= 4 is 0 Å². The first-order valence-electron chi connectivity index (χ1n) is 9.83. The van der Waals surface area contributed by atoms with Crippen molar-refractivity contribution in [1.82, 2.24) is 0 Å². The third-order valence-electron chi connectivity index (χ3n) is 4.11. The van der Waals surface area contributed by atoms with E-state index in [1.807, 2.05) is 0 Å². The number of aliphatic hydroxyl groups excluding tert-OH is 2. The number of hydrogen-bond acceptors (Lipinski definition) is 3. The Morgan fingerprint density at radius 3 is 2.26 bits per heavy atom. The van der Waals surface area contributed by atoms with E-state index in [2.05, 4.69) is 19.1 Å². The Balaban J connectivity index is 3.18. The molecule has 0 fully saturated rings. The molecule has 0 amide bonds. The van der Waals surface area contributed by atoms with Crippen LogP contribution < -0.4 is 0 Å². The van der Waals surface area contributed by atoms with Crippen LogP contribution in [-0.4, -0.2) is 36.1 Å². The van der Waals surface area contributed by atoms with Gasteiger partial charge in [0.1, 0.15) is 0 Å². The molecular weight excluding hydrogens is 288 g/mol. The standard InChI is InChI=1S/C20H40O3/c1-2-3-4-12-15-20(22)16-13-10-8-6-5-7-9-11-14-18-23-19-17-21/h10,13,20-22H,2-9,11-12,14-19H2,1H3/b13-10-/t20-/m1/s1. The zero-order valence-corrected chi connectivity index (χ0v) is 15.3. The second-order valence-electron chi connectivity index (χ2n) is 6.46. The summed E-state index contributed by atoms with van der Waals surface area (Å²) in [5.74, 6) is 0. The summed E-state index contributed by atoms with van der Waals surface area (Å²) >= 11 is 0. The van der Waals surface area contributed by atoms with Crippen molar-refractivity contribution in [1.29, 1.82) is 0 Å². The molecule has 0 spiro atoms. The second-order valence-corrected chi connectivity index (χ2v) is 6.46. The maximum Gasteiger partial charge on any atom is 0.0697 e. The van der Waals surface area contributed by atoms with Crippen LogP contribution in [0.25, 0.3) is 0 Å². The maximum atomic E-state index is 9.85. The van der Waals surface area contributed by atoms with Crippen LogP contribution in [0.15, 0.2) is 12.2 Å². The molecule has 1 atom stereocenters. The van der Waals surface area contributed by atoms with Crippen LogP contribution in [0.5, 0.6) is 0 Å². The molecule has 0 saturated carbocycles. The van der Waals surface area contributed by atoms with Crippen LogP contribution in [0, 0.1) is 0 Å². The van der Waals surface area contributed by atoms with Crippen LogP contribution in [-0.2, 0) is 4.74 Å². The van der Waals surface area contributed by atoms with Crippen LogP contribution in [0.2, 0.25) is 0 Å². The zero-order chi connectivity index (χ0) is 17.0. The molecule has 23 heavy (non-hydrogen) atoms. The summed E-state index contributed by atoms with van der Waals surface area (Å²) in [7, 11) is 0. The average molecular weight is 329 g/mol. The number of rotatable bonds is 18. The van der Waals surface area contributed by atoms with Gasteiger partial charge in [-0.3, -0.25) is 0 Å². The minimum absolute atomic E-state index is 0.128. The lowest BCUT2D eigenvalue weighted by Crippen LogP contribution is -2.04. The number of aliphatic hydroxyl groups is 2. The molecule has 0 radical (unpaired) electrons. The second kappa shape index (κ2) is 19.7. The highest BCUT2D eigenvalue weighted by Gasteiger charge is 2.00. The summed E-state index contributed by atoms with van der Waals surface area (Å²) < 4.78 is 5.23. The fourth-order valence-corrected chi connectivity index (χ4v) is 2.64. The lowest BCUT2D eigenvalue weighted by molar-refractivity contribution is 0.0895. The van der Waals surface area contributed by atoms with E-state index in [4.69, 9.17) is 9.84 Å². The Bertz CT molecular complexity index is 241. The molecule has 0 aromatic rings. The molecule has 0 unspecified atom stereocenters. The van der Waals surface area contributed by atoms with E-state index in [1.165, 1.54) is 51.4 Å². The molecule has 138 valence electrons. The van der Waals surface area contributed by atoms with Crippen molar-refractivity contribution in [3.8, 4) is 0 Å². The molecule has 2 N–H and O–H groups in total. The maximum absolute atomic E-state index is 9.85. The van der Waals surface area contributed by atoms with Crippen molar-refractivity contribution in [3.05, 3.63) is 12.2 Å². The highest BCUT2D eigenvalue weighted by atomic mass is 16.5. The Hall–Kier alpha value is -0.380. The molecule has 0 aromatic carbocycles. The highest BCUT2D eigenvalue weighted by Crippen LogP contribution is 2.10. The molecule has 0 aromatic heterocycles. The summed E-state index contributed by atoms with van der Waals surface area (Å²) in [6.07, 6.45) is 19.6. The van der Waals surface area contributed by atoms with Gasteiger partial charge in [-0.25, -0.2) is 0 Å². The van der Waals surface area contributed by atoms with Gasteiger partial charge in [-0.2, -0.15) is 0 Å². The molecular formula is C20H40O3. The summed E-state index contributed by atoms with van der Waals surface area (Å²) in [4.78, 5) is 0. The first-order chi connectivity index (χ1) is 11.3. The SMILES string of the molecule is CCCCCC[C@@H](O)C/C=C\CCCCCCCCOCCO. The summed E-state index contributed by atoms with van der Waals surface area (Å²) in [5, 5.41) is 18.4. The molecule has 3 heteroatoms. The topological polar surface area (TPSA) is 49.7 Å². The number of ether oxygens (including phenoxy) is 1. The monoisotopic (exact) mass is 328 g/mol.